The Balaban J connectivity index is 1.51. The molecule has 4 aromatic carbocycles. The fourth-order valence-corrected chi connectivity index (χ4v) is 5.39. The van der Waals surface area contributed by atoms with E-state index in [1.54, 1.807) is 29.2 Å². The molecule has 8 heteroatoms. The number of carbonyl (C=O) groups excluding carboxylic acids is 2. The molecule has 5 rings (SSSR count). The monoisotopic (exact) mass is 556 g/mol. The molecule has 0 spiro atoms. The Morgan fingerprint density at radius 2 is 1.82 bits per heavy atom. The van der Waals surface area contributed by atoms with Gasteiger partial charge in [0.2, 0.25) is 0 Å². The fourth-order valence-electron chi connectivity index (χ4n) is 4.22. The van der Waals surface area contributed by atoms with Gasteiger partial charge in [0.1, 0.15) is 12.4 Å². The summed E-state index contributed by atoms with van der Waals surface area (Å²) >= 11 is 7.32. The lowest BCUT2D eigenvalue weighted by Crippen LogP contribution is -2.28. The normalized spacial score (nSPS) is 15.4. The number of amidine groups is 1. The number of hydrogen-bond acceptors (Lipinski definition) is 6. The number of likely N-dealkylation sites (N-methyl/N-ethyl adjacent to an activating group) is 1. The Bertz CT molecular complexity index is 1610. The van der Waals surface area contributed by atoms with Crippen LogP contribution in [0.25, 0.3) is 16.8 Å². The van der Waals surface area contributed by atoms with E-state index < -0.39 is 5.97 Å². The number of methoxy groups -OCH3 is 1. The topological polar surface area (TPSA) is 68.2 Å². The van der Waals surface area contributed by atoms with Crippen LogP contribution in [0.1, 0.15) is 28.4 Å². The first-order chi connectivity index (χ1) is 19.0. The van der Waals surface area contributed by atoms with E-state index in [0.717, 1.165) is 21.9 Å². The summed E-state index contributed by atoms with van der Waals surface area (Å²) in [6.45, 7) is 2.71. The van der Waals surface area contributed by atoms with Crippen molar-refractivity contribution < 1.29 is 19.1 Å². The number of fused-ring (bicyclic) bond motifs is 1. The van der Waals surface area contributed by atoms with Crippen molar-refractivity contribution in [3.05, 3.63) is 112 Å². The van der Waals surface area contributed by atoms with Crippen LogP contribution in [0.5, 0.6) is 5.75 Å². The van der Waals surface area contributed by atoms with Crippen molar-refractivity contribution in [2.45, 2.75) is 13.5 Å². The number of thioether (sulfide) groups is 1. The summed E-state index contributed by atoms with van der Waals surface area (Å²) in [6, 6.07) is 26.3. The number of halogens is 1. The average molecular weight is 557 g/mol. The van der Waals surface area contributed by atoms with Crippen LogP contribution >= 0.6 is 23.4 Å². The van der Waals surface area contributed by atoms with Crippen LogP contribution in [0.3, 0.4) is 0 Å². The number of ether oxygens (including phenoxy) is 2. The molecule has 1 aliphatic heterocycles. The van der Waals surface area contributed by atoms with Gasteiger partial charge < -0.3 is 9.47 Å². The molecule has 0 saturated carbocycles. The molecule has 0 bridgehead atoms. The van der Waals surface area contributed by atoms with E-state index in [4.69, 9.17) is 26.1 Å². The summed E-state index contributed by atoms with van der Waals surface area (Å²) in [5.74, 6) is 0.0907. The molecule has 1 aliphatic rings. The van der Waals surface area contributed by atoms with Crippen LogP contribution in [0.4, 0.5) is 5.69 Å². The third-order valence-corrected chi connectivity index (χ3v) is 7.47. The van der Waals surface area contributed by atoms with Gasteiger partial charge in [0.15, 0.2) is 5.17 Å². The maximum atomic E-state index is 13.5. The van der Waals surface area contributed by atoms with E-state index in [1.807, 2.05) is 73.7 Å². The van der Waals surface area contributed by atoms with Crippen LogP contribution < -0.4 is 4.74 Å². The van der Waals surface area contributed by atoms with Crippen molar-refractivity contribution in [3.8, 4) is 5.75 Å². The Morgan fingerprint density at radius 3 is 2.59 bits per heavy atom. The molecule has 0 aliphatic carbocycles. The summed E-state index contributed by atoms with van der Waals surface area (Å²) in [4.78, 5) is 32.3. The van der Waals surface area contributed by atoms with Crippen molar-refractivity contribution in [1.82, 2.24) is 4.90 Å². The van der Waals surface area contributed by atoms with Crippen LogP contribution in [0, 0.1) is 0 Å². The highest BCUT2D eigenvalue weighted by atomic mass is 35.5. The molecule has 196 valence electrons. The summed E-state index contributed by atoms with van der Waals surface area (Å²) in [5.41, 5.74) is 2.76. The van der Waals surface area contributed by atoms with Crippen molar-refractivity contribution in [2.75, 3.05) is 13.7 Å². The van der Waals surface area contributed by atoms with Crippen molar-refractivity contribution >= 4 is 62.9 Å². The molecule has 1 heterocycles. The molecule has 1 fully saturated rings. The fraction of sp³-hybridized carbons (Fsp3) is 0.129. The van der Waals surface area contributed by atoms with Gasteiger partial charge in [-0.3, -0.25) is 9.69 Å². The number of esters is 1. The van der Waals surface area contributed by atoms with E-state index in [1.165, 1.54) is 18.9 Å². The number of aliphatic imine (C=N–C) groups is 1. The van der Waals surface area contributed by atoms with Gasteiger partial charge in [-0.2, -0.15) is 0 Å². The zero-order valence-corrected chi connectivity index (χ0v) is 23.0. The molecule has 1 saturated heterocycles. The Labute approximate surface area is 235 Å². The molecule has 1 amide bonds. The molecule has 4 aromatic rings. The maximum absolute atomic E-state index is 13.5. The lowest BCUT2D eigenvalue weighted by molar-refractivity contribution is -0.122. The van der Waals surface area contributed by atoms with Crippen molar-refractivity contribution in [2.24, 2.45) is 4.99 Å². The molecule has 0 atom stereocenters. The SMILES string of the molecule is CCN1C(=O)C(=Cc2c(OCc3ccc(Cl)cc3)ccc3ccccc23)SC1=Nc1cccc(C(=O)OC)c1. The van der Waals surface area contributed by atoms with Gasteiger partial charge in [0.05, 0.1) is 23.3 Å². The largest absolute Gasteiger partial charge is 0.488 e. The molecule has 6 nitrogen and oxygen atoms in total. The van der Waals surface area contributed by atoms with Crippen LogP contribution in [-0.4, -0.2) is 35.6 Å². The molecule has 0 N–H and O–H groups in total. The quantitative estimate of drug-likeness (QED) is 0.174. The molecule has 0 unspecified atom stereocenters. The Hall–Kier alpha value is -4.07. The summed E-state index contributed by atoms with van der Waals surface area (Å²) in [6.07, 6.45) is 1.88. The molecule has 0 aromatic heterocycles. The zero-order valence-electron chi connectivity index (χ0n) is 21.4. The molecule has 0 radical (unpaired) electrons. The highest BCUT2D eigenvalue weighted by Gasteiger charge is 2.32. The number of nitrogens with zero attached hydrogens (tertiary/aromatic N) is 2. The number of carbonyl (C=O) groups is 2. The van der Waals surface area contributed by atoms with Gasteiger partial charge in [0, 0.05) is 17.1 Å². The van der Waals surface area contributed by atoms with E-state index in [2.05, 4.69) is 0 Å². The minimum atomic E-state index is -0.442. The smallest absolute Gasteiger partial charge is 0.337 e. The molecular formula is C31H25ClN2O4S. The average Bonchev–Trinajstić information content (AvgIpc) is 3.26. The van der Waals surface area contributed by atoms with Gasteiger partial charge in [0.25, 0.3) is 5.91 Å². The Kier molecular flexibility index (Phi) is 8.00. The van der Waals surface area contributed by atoms with Gasteiger partial charge in [-0.25, -0.2) is 9.79 Å². The lowest BCUT2D eigenvalue weighted by atomic mass is 10.0. The van der Waals surface area contributed by atoms with E-state index >= 15 is 0 Å². The predicted molar refractivity (Wildman–Crippen MR) is 158 cm³/mol. The summed E-state index contributed by atoms with van der Waals surface area (Å²) in [5, 5.41) is 3.23. The summed E-state index contributed by atoms with van der Waals surface area (Å²) < 4.78 is 11.1. The summed E-state index contributed by atoms with van der Waals surface area (Å²) in [7, 11) is 1.34. The zero-order chi connectivity index (χ0) is 27.4. The second-order valence-corrected chi connectivity index (χ2v) is 10.2. The first-order valence-electron chi connectivity index (χ1n) is 12.3. The second-order valence-electron chi connectivity index (χ2n) is 8.71. The van der Waals surface area contributed by atoms with Crippen LogP contribution in [0.15, 0.2) is 94.8 Å². The van der Waals surface area contributed by atoms with Gasteiger partial charge >= 0.3 is 5.97 Å². The van der Waals surface area contributed by atoms with Crippen LogP contribution in [0.2, 0.25) is 5.02 Å². The maximum Gasteiger partial charge on any atom is 0.337 e. The van der Waals surface area contributed by atoms with Gasteiger partial charge in [-0.15, -0.1) is 0 Å². The number of amides is 1. The highest BCUT2D eigenvalue weighted by molar-refractivity contribution is 8.18. The second kappa shape index (κ2) is 11.8. The molecular weight excluding hydrogens is 532 g/mol. The molecule has 39 heavy (non-hydrogen) atoms. The third-order valence-electron chi connectivity index (χ3n) is 6.21. The first kappa shape index (κ1) is 26.5. The van der Waals surface area contributed by atoms with Gasteiger partial charge in [-0.1, -0.05) is 60.1 Å². The highest BCUT2D eigenvalue weighted by Crippen LogP contribution is 2.38. The standard InChI is InChI=1S/C31H25ClN2O4S/c1-3-34-29(35)28(39-31(34)33-24-9-6-8-22(17-24)30(36)37-2)18-26-25-10-5-4-7-21(25)13-16-27(26)38-19-20-11-14-23(32)15-12-20/h4-18H,3,19H2,1-2H3. The third kappa shape index (κ3) is 5.85. The first-order valence-corrected chi connectivity index (χ1v) is 13.5. The minimum Gasteiger partial charge on any atom is -0.488 e. The lowest BCUT2D eigenvalue weighted by Gasteiger charge is -2.13. The predicted octanol–water partition coefficient (Wildman–Crippen LogP) is 7.48. The number of benzene rings is 4. The van der Waals surface area contributed by atoms with Crippen molar-refractivity contribution in [3.63, 3.8) is 0 Å². The number of rotatable bonds is 7. The van der Waals surface area contributed by atoms with Crippen LogP contribution in [-0.2, 0) is 16.1 Å². The van der Waals surface area contributed by atoms with E-state index in [9.17, 15) is 9.59 Å². The van der Waals surface area contributed by atoms with E-state index in [0.29, 0.717) is 45.2 Å². The Morgan fingerprint density at radius 1 is 1.03 bits per heavy atom. The van der Waals surface area contributed by atoms with Gasteiger partial charge in [-0.05, 0) is 77.5 Å². The minimum absolute atomic E-state index is 0.137. The van der Waals surface area contributed by atoms with Crippen molar-refractivity contribution in [1.29, 1.82) is 0 Å². The van der Waals surface area contributed by atoms with E-state index in [-0.39, 0.29) is 5.91 Å². The number of hydrogen-bond donors (Lipinski definition) is 0.